The second kappa shape index (κ2) is 13.6. The van der Waals surface area contributed by atoms with E-state index in [2.05, 4.69) is 39.5 Å². The van der Waals surface area contributed by atoms with Gasteiger partial charge in [0, 0.05) is 0 Å². The molecule has 0 fully saturated rings. The highest BCUT2D eigenvalue weighted by Gasteiger charge is 2.00. The molecule has 0 unspecified atom stereocenters. The van der Waals surface area contributed by atoms with E-state index >= 15 is 0 Å². The predicted molar refractivity (Wildman–Crippen MR) is 89.6 cm³/mol. The van der Waals surface area contributed by atoms with Crippen LogP contribution in [0.1, 0.15) is 85.0 Å². The van der Waals surface area contributed by atoms with Crippen LogP contribution in [-0.2, 0) is 0 Å². The first-order chi connectivity index (χ1) is 9.26. The molecule has 0 nitrogen and oxygen atoms in total. The van der Waals surface area contributed by atoms with E-state index < -0.39 is 0 Å². The molecule has 0 aliphatic rings. The number of allylic oxidation sites excluding steroid dienone is 5. The Morgan fingerprint density at radius 2 is 1.68 bits per heavy atom. The van der Waals surface area contributed by atoms with Crippen LogP contribution in [0.3, 0.4) is 0 Å². The lowest BCUT2D eigenvalue weighted by atomic mass is 9.97. The van der Waals surface area contributed by atoms with Crippen molar-refractivity contribution in [3.8, 4) is 0 Å². The summed E-state index contributed by atoms with van der Waals surface area (Å²) in [5.74, 6) is 0. The van der Waals surface area contributed by atoms with Crippen molar-refractivity contribution in [3.63, 3.8) is 0 Å². The van der Waals surface area contributed by atoms with Gasteiger partial charge in [-0.3, -0.25) is 0 Å². The Morgan fingerprint density at radius 3 is 2.32 bits per heavy atom. The second-order valence-corrected chi connectivity index (χ2v) is 5.49. The fraction of sp³-hybridized carbons (Fsp3) is 0.684. The minimum absolute atomic E-state index is 1.16. The molecule has 0 aliphatic heterocycles. The lowest BCUT2D eigenvalue weighted by Gasteiger charge is -2.10. The van der Waals surface area contributed by atoms with Crippen molar-refractivity contribution in [1.82, 2.24) is 0 Å². The van der Waals surface area contributed by atoms with E-state index in [1.807, 2.05) is 6.08 Å². The van der Waals surface area contributed by atoms with Gasteiger partial charge in [-0.1, -0.05) is 62.5 Å². The van der Waals surface area contributed by atoms with E-state index in [-0.39, 0.29) is 0 Å². The smallest absolute Gasteiger partial charge is 0.0136 e. The molecule has 0 saturated heterocycles. The molecule has 0 heterocycles. The summed E-state index contributed by atoms with van der Waals surface area (Å²) in [7, 11) is 0. The Labute approximate surface area is 121 Å². The fourth-order valence-corrected chi connectivity index (χ4v) is 2.31. The highest BCUT2D eigenvalue weighted by molar-refractivity contribution is 5.15. The van der Waals surface area contributed by atoms with Crippen molar-refractivity contribution in [2.45, 2.75) is 85.0 Å². The van der Waals surface area contributed by atoms with E-state index in [9.17, 15) is 0 Å². The standard InChI is InChI=1S/C19H34/c1-5-8-10-12-14-17-19(15-7-3)18(4)16-13-11-9-6-2/h6,12,14H,2,5,7-11,13,15-17H2,1,3-4H3. The van der Waals surface area contributed by atoms with Crippen LogP contribution in [0.25, 0.3) is 0 Å². The monoisotopic (exact) mass is 262 g/mol. The first-order valence-electron chi connectivity index (χ1n) is 8.19. The molecule has 0 rings (SSSR count). The third kappa shape index (κ3) is 10.8. The van der Waals surface area contributed by atoms with Gasteiger partial charge in [0.25, 0.3) is 0 Å². The molecular weight excluding hydrogens is 228 g/mol. The number of unbranched alkanes of at least 4 members (excludes halogenated alkanes) is 4. The molecule has 0 aromatic carbocycles. The summed E-state index contributed by atoms with van der Waals surface area (Å²) in [4.78, 5) is 0. The average Bonchev–Trinajstić information content (AvgIpc) is 2.42. The summed E-state index contributed by atoms with van der Waals surface area (Å²) in [6, 6.07) is 0. The van der Waals surface area contributed by atoms with E-state index in [1.54, 1.807) is 11.1 Å². The van der Waals surface area contributed by atoms with Crippen molar-refractivity contribution in [2.24, 2.45) is 0 Å². The Hall–Kier alpha value is -0.780. The molecule has 110 valence electrons. The van der Waals surface area contributed by atoms with Crippen molar-refractivity contribution >= 4 is 0 Å². The van der Waals surface area contributed by atoms with Gasteiger partial charge in [0.05, 0.1) is 0 Å². The van der Waals surface area contributed by atoms with Gasteiger partial charge < -0.3 is 0 Å². The zero-order chi connectivity index (χ0) is 14.3. The van der Waals surface area contributed by atoms with Gasteiger partial charge in [0.15, 0.2) is 0 Å². The molecule has 0 atom stereocenters. The molecule has 0 bridgehead atoms. The highest BCUT2D eigenvalue weighted by Crippen LogP contribution is 2.20. The molecule has 0 N–H and O–H groups in total. The minimum Gasteiger partial charge on any atom is -0.103 e. The molecule has 0 amide bonds. The summed E-state index contributed by atoms with van der Waals surface area (Å²) in [6.07, 6.45) is 19.4. The maximum absolute atomic E-state index is 3.79. The molecule has 0 aromatic heterocycles. The Balaban J connectivity index is 4.17. The Morgan fingerprint density at radius 1 is 0.895 bits per heavy atom. The van der Waals surface area contributed by atoms with Gasteiger partial charge >= 0.3 is 0 Å². The molecular formula is C19H34. The molecule has 0 saturated carbocycles. The van der Waals surface area contributed by atoms with Crippen LogP contribution in [0, 0.1) is 0 Å². The van der Waals surface area contributed by atoms with Crippen LogP contribution in [0.2, 0.25) is 0 Å². The van der Waals surface area contributed by atoms with Crippen molar-refractivity contribution in [1.29, 1.82) is 0 Å². The third-order valence-electron chi connectivity index (χ3n) is 3.62. The summed E-state index contributed by atoms with van der Waals surface area (Å²) >= 11 is 0. The lowest BCUT2D eigenvalue weighted by Crippen LogP contribution is -1.90. The molecule has 0 aromatic rings. The van der Waals surface area contributed by atoms with Crippen LogP contribution < -0.4 is 0 Å². The SMILES string of the molecule is C=CCCCCC(C)=C(CC=CCCCC)CCC. The first-order valence-corrected chi connectivity index (χ1v) is 8.19. The summed E-state index contributed by atoms with van der Waals surface area (Å²) in [5.41, 5.74) is 3.31. The molecule has 0 aliphatic carbocycles. The number of hydrogen-bond acceptors (Lipinski definition) is 0. The molecule has 0 spiro atoms. The molecule has 0 heteroatoms. The molecule has 19 heavy (non-hydrogen) atoms. The van der Waals surface area contributed by atoms with Crippen LogP contribution in [-0.4, -0.2) is 0 Å². The van der Waals surface area contributed by atoms with E-state index in [0.717, 1.165) is 6.42 Å². The maximum atomic E-state index is 3.79. The maximum Gasteiger partial charge on any atom is -0.0136 e. The van der Waals surface area contributed by atoms with Gasteiger partial charge in [-0.05, 0) is 51.9 Å². The third-order valence-corrected chi connectivity index (χ3v) is 3.62. The van der Waals surface area contributed by atoms with E-state index in [1.165, 1.54) is 57.8 Å². The topological polar surface area (TPSA) is 0 Å². The summed E-state index contributed by atoms with van der Waals surface area (Å²) < 4.78 is 0. The molecule has 0 radical (unpaired) electrons. The van der Waals surface area contributed by atoms with Crippen LogP contribution in [0.15, 0.2) is 36.0 Å². The Bertz CT molecular complexity index is 268. The van der Waals surface area contributed by atoms with Crippen molar-refractivity contribution in [3.05, 3.63) is 36.0 Å². The van der Waals surface area contributed by atoms with Crippen molar-refractivity contribution < 1.29 is 0 Å². The van der Waals surface area contributed by atoms with Crippen LogP contribution >= 0.6 is 0 Å². The van der Waals surface area contributed by atoms with Gasteiger partial charge in [0.1, 0.15) is 0 Å². The van der Waals surface area contributed by atoms with Crippen LogP contribution in [0.4, 0.5) is 0 Å². The number of hydrogen-bond donors (Lipinski definition) is 0. The zero-order valence-electron chi connectivity index (χ0n) is 13.5. The fourth-order valence-electron chi connectivity index (χ4n) is 2.31. The largest absolute Gasteiger partial charge is 0.103 e. The van der Waals surface area contributed by atoms with Gasteiger partial charge in [-0.2, -0.15) is 0 Å². The van der Waals surface area contributed by atoms with Gasteiger partial charge in [-0.25, -0.2) is 0 Å². The summed E-state index contributed by atoms with van der Waals surface area (Å²) in [6.45, 7) is 10.7. The quantitative estimate of drug-likeness (QED) is 0.263. The zero-order valence-corrected chi connectivity index (χ0v) is 13.5. The lowest BCUT2D eigenvalue weighted by molar-refractivity contribution is 0.726. The predicted octanol–water partition coefficient (Wildman–Crippen LogP) is 6.99. The summed E-state index contributed by atoms with van der Waals surface area (Å²) in [5, 5.41) is 0. The van der Waals surface area contributed by atoms with Gasteiger partial charge in [-0.15, -0.1) is 6.58 Å². The average molecular weight is 262 g/mol. The van der Waals surface area contributed by atoms with E-state index in [4.69, 9.17) is 0 Å². The highest BCUT2D eigenvalue weighted by atomic mass is 14.1. The first kappa shape index (κ1) is 18.2. The van der Waals surface area contributed by atoms with Crippen molar-refractivity contribution in [2.75, 3.05) is 0 Å². The van der Waals surface area contributed by atoms with Crippen LogP contribution in [0.5, 0.6) is 0 Å². The Kier molecular flexibility index (Phi) is 13.1. The van der Waals surface area contributed by atoms with Gasteiger partial charge in [0.2, 0.25) is 0 Å². The normalized spacial score (nSPS) is 12.8. The second-order valence-electron chi connectivity index (χ2n) is 5.49. The number of rotatable bonds is 12. The van der Waals surface area contributed by atoms with E-state index in [0.29, 0.717) is 0 Å². The minimum atomic E-state index is 1.16.